The molecule has 0 spiro atoms. The van der Waals surface area contributed by atoms with Gasteiger partial charge in [-0.1, -0.05) is 13.3 Å². The lowest BCUT2D eigenvalue weighted by Gasteiger charge is -2.10. The van der Waals surface area contributed by atoms with E-state index >= 15 is 0 Å². The third-order valence-electron chi connectivity index (χ3n) is 2.17. The summed E-state index contributed by atoms with van der Waals surface area (Å²) in [6.07, 6.45) is 2.36. The molecule has 0 fully saturated rings. The number of carbonyl (C=O) groups excluding carboxylic acids is 1. The maximum absolute atomic E-state index is 11.5. The van der Waals surface area contributed by atoms with Gasteiger partial charge in [-0.2, -0.15) is 0 Å². The number of aromatic nitrogens is 1. The lowest BCUT2D eigenvalue weighted by atomic mass is 10.2. The summed E-state index contributed by atoms with van der Waals surface area (Å²) in [6, 6.07) is 2.73. The first-order valence-corrected chi connectivity index (χ1v) is 5.28. The van der Waals surface area contributed by atoms with E-state index in [9.17, 15) is 14.7 Å². The van der Waals surface area contributed by atoms with E-state index in [1.54, 1.807) is 0 Å². The number of aliphatic hydroxyl groups is 1. The number of nitrogens with one attached hydrogen (secondary N) is 2. The highest BCUT2D eigenvalue weighted by atomic mass is 16.3. The molecule has 0 aliphatic carbocycles. The molecule has 1 amide bonds. The van der Waals surface area contributed by atoms with Crippen LogP contribution < -0.4 is 10.9 Å². The minimum Gasteiger partial charge on any atom is -0.391 e. The summed E-state index contributed by atoms with van der Waals surface area (Å²) in [4.78, 5) is 24.7. The van der Waals surface area contributed by atoms with Crippen molar-refractivity contribution in [2.75, 3.05) is 6.54 Å². The van der Waals surface area contributed by atoms with Gasteiger partial charge in [-0.05, 0) is 12.5 Å². The fraction of sp³-hybridized carbons (Fsp3) is 0.455. The van der Waals surface area contributed by atoms with Crippen LogP contribution in [0.15, 0.2) is 23.1 Å². The minimum atomic E-state index is -0.517. The van der Waals surface area contributed by atoms with Crippen LogP contribution in [0.1, 0.15) is 30.1 Å². The maximum Gasteiger partial charge on any atom is 0.252 e. The Bertz CT molecular complexity index is 380. The molecular formula is C11H16N2O3. The van der Waals surface area contributed by atoms with E-state index in [1.165, 1.54) is 18.3 Å². The average Bonchev–Trinajstić information content (AvgIpc) is 2.27. The Kier molecular flexibility index (Phi) is 4.72. The Hall–Kier alpha value is -1.62. The number of rotatable bonds is 5. The summed E-state index contributed by atoms with van der Waals surface area (Å²) in [5.74, 6) is -0.300. The van der Waals surface area contributed by atoms with Gasteiger partial charge in [0.15, 0.2) is 0 Å². The van der Waals surface area contributed by atoms with Crippen molar-refractivity contribution in [1.82, 2.24) is 10.3 Å². The van der Waals surface area contributed by atoms with Gasteiger partial charge in [0.2, 0.25) is 5.56 Å². The van der Waals surface area contributed by atoms with E-state index in [4.69, 9.17) is 0 Å². The first kappa shape index (κ1) is 12.4. The fourth-order valence-electron chi connectivity index (χ4n) is 1.30. The third kappa shape index (κ3) is 3.86. The number of H-pyrrole nitrogens is 1. The van der Waals surface area contributed by atoms with Crippen molar-refractivity contribution in [1.29, 1.82) is 0 Å². The molecule has 0 aliphatic rings. The lowest BCUT2D eigenvalue weighted by Crippen LogP contribution is -2.32. The largest absolute Gasteiger partial charge is 0.391 e. The topological polar surface area (TPSA) is 82.2 Å². The smallest absolute Gasteiger partial charge is 0.252 e. The molecule has 0 aliphatic heterocycles. The molecule has 1 rings (SSSR count). The van der Waals surface area contributed by atoms with Crippen molar-refractivity contribution >= 4 is 5.91 Å². The average molecular weight is 224 g/mol. The predicted octanol–water partition coefficient (Wildman–Crippen LogP) is 0.266. The van der Waals surface area contributed by atoms with Gasteiger partial charge in [0.05, 0.1) is 11.7 Å². The van der Waals surface area contributed by atoms with Gasteiger partial charge in [0, 0.05) is 18.8 Å². The van der Waals surface area contributed by atoms with Gasteiger partial charge in [-0.15, -0.1) is 0 Å². The lowest BCUT2D eigenvalue weighted by molar-refractivity contribution is 0.0909. The summed E-state index contributed by atoms with van der Waals surface area (Å²) in [7, 11) is 0. The third-order valence-corrected chi connectivity index (χ3v) is 2.17. The van der Waals surface area contributed by atoms with Crippen molar-refractivity contribution in [3.05, 3.63) is 34.2 Å². The summed E-state index contributed by atoms with van der Waals surface area (Å²) in [5.41, 5.74) is 0.130. The zero-order valence-corrected chi connectivity index (χ0v) is 9.19. The number of aliphatic hydroxyl groups excluding tert-OH is 1. The standard InChI is InChI=1S/C11H16N2O3/c1-2-3-9(14)7-13-11(16)8-4-5-10(15)12-6-8/h4-6,9,14H,2-3,7H2,1H3,(H,12,15)(H,13,16). The van der Waals surface area contributed by atoms with Gasteiger partial charge in [0.1, 0.15) is 0 Å². The normalized spacial score (nSPS) is 12.1. The minimum absolute atomic E-state index is 0.228. The molecule has 1 atom stereocenters. The molecule has 5 nitrogen and oxygen atoms in total. The van der Waals surface area contributed by atoms with Crippen LogP contribution in [0.2, 0.25) is 0 Å². The number of pyridine rings is 1. The molecule has 0 radical (unpaired) electrons. The quantitative estimate of drug-likeness (QED) is 0.671. The summed E-state index contributed by atoms with van der Waals surface area (Å²) < 4.78 is 0. The first-order valence-electron chi connectivity index (χ1n) is 5.28. The molecule has 3 N–H and O–H groups in total. The Morgan fingerprint density at radius 3 is 2.88 bits per heavy atom. The highest BCUT2D eigenvalue weighted by molar-refractivity contribution is 5.93. The Morgan fingerprint density at radius 2 is 2.31 bits per heavy atom. The van der Waals surface area contributed by atoms with Gasteiger partial charge in [0.25, 0.3) is 5.91 Å². The van der Waals surface area contributed by atoms with Gasteiger partial charge in [-0.25, -0.2) is 0 Å². The first-order chi connectivity index (χ1) is 7.63. The SMILES string of the molecule is CCCC(O)CNC(=O)c1ccc(=O)[nH]c1. The van der Waals surface area contributed by atoms with Crippen molar-refractivity contribution in [3.8, 4) is 0 Å². The van der Waals surface area contributed by atoms with Gasteiger partial charge in [-0.3, -0.25) is 9.59 Å². The van der Waals surface area contributed by atoms with E-state index in [0.717, 1.165) is 6.42 Å². The van der Waals surface area contributed by atoms with E-state index in [-0.39, 0.29) is 18.0 Å². The van der Waals surface area contributed by atoms with Crippen LogP contribution in [-0.2, 0) is 0 Å². The van der Waals surface area contributed by atoms with E-state index in [1.807, 2.05) is 6.92 Å². The Morgan fingerprint density at radius 1 is 1.56 bits per heavy atom. The molecule has 0 bridgehead atoms. The second-order valence-electron chi connectivity index (χ2n) is 3.59. The molecule has 1 aromatic rings. The number of amides is 1. The maximum atomic E-state index is 11.5. The van der Waals surface area contributed by atoms with Crippen LogP contribution in [0.4, 0.5) is 0 Å². The molecule has 0 saturated heterocycles. The van der Waals surface area contributed by atoms with Crippen LogP contribution in [-0.4, -0.2) is 28.6 Å². The molecular weight excluding hydrogens is 208 g/mol. The summed E-state index contributed by atoms with van der Waals surface area (Å²) in [6.45, 7) is 2.19. The summed E-state index contributed by atoms with van der Waals surface area (Å²) in [5, 5.41) is 12.0. The Balaban J connectivity index is 2.46. The molecule has 16 heavy (non-hydrogen) atoms. The molecule has 0 aromatic carbocycles. The van der Waals surface area contributed by atoms with Crippen molar-refractivity contribution in [2.45, 2.75) is 25.9 Å². The molecule has 1 heterocycles. The Labute approximate surface area is 93.5 Å². The number of hydrogen-bond donors (Lipinski definition) is 3. The van der Waals surface area contributed by atoms with Crippen molar-refractivity contribution < 1.29 is 9.90 Å². The fourth-order valence-corrected chi connectivity index (χ4v) is 1.30. The zero-order chi connectivity index (χ0) is 12.0. The van der Waals surface area contributed by atoms with Crippen molar-refractivity contribution in [3.63, 3.8) is 0 Å². The van der Waals surface area contributed by atoms with Crippen molar-refractivity contribution in [2.24, 2.45) is 0 Å². The van der Waals surface area contributed by atoms with Crippen LogP contribution in [0.25, 0.3) is 0 Å². The number of aromatic amines is 1. The molecule has 88 valence electrons. The molecule has 1 aromatic heterocycles. The van der Waals surface area contributed by atoms with Crippen LogP contribution >= 0.6 is 0 Å². The zero-order valence-electron chi connectivity index (χ0n) is 9.19. The highest BCUT2D eigenvalue weighted by Crippen LogP contribution is 1.96. The van der Waals surface area contributed by atoms with Crippen LogP contribution in [0.3, 0.4) is 0 Å². The molecule has 0 saturated carbocycles. The van der Waals surface area contributed by atoms with Crippen LogP contribution in [0.5, 0.6) is 0 Å². The van der Waals surface area contributed by atoms with E-state index in [2.05, 4.69) is 10.3 Å². The van der Waals surface area contributed by atoms with Gasteiger partial charge >= 0.3 is 0 Å². The number of carbonyl (C=O) groups is 1. The second kappa shape index (κ2) is 6.07. The van der Waals surface area contributed by atoms with E-state index in [0.29, 0.717) is 12.0 Å². The second-order valence-corrected chi connectivity index (χ2v) is 3.59. The number of hydrogen-bond acceptors (Lipinski definition) is 3. The van der Waals surface area contributed by atoms with Crippen LogP contribution in [0, 0.1) is 0 Å². The monoisotopic (exact) mass is 224 g/mol. The predicted molar refractivity (Wildman–Crippen MR) is 60.3 cm³/mol. The van der Waals surface area contributed by atoms with Gasteiger partial charge < -0.3 is 15.4 Å². The highest BCUT2D eigenvalue weighted by Gasteiger charge is 2.07. The molecule has 5 heteroatoms. The summed E-state index contributed by atoms with van der Waals surface area (Å²) >= 11 is 0. The van der Waals surface area contributed by atoms with E-state index < -0.39 is 6.10 Å². The molecule has 1 unspecified atom stereocenters.